The number of amides is 1. The lowest BCUT2D eigenvalue weighted by Crippen LogP contribution is -2.18. The molecule has 0 fully saturated rings. The molecule has 0 bridgehead atoms. The van der Waals surface area contributed by atoms with Gasteiger partial charge in [-0.1, -0.05) is 36.4 Å². The van der Waals surface area contributed by atoms with Gasteiger partial charge >= 0.3 is 0 Å². The molecule has 0 atom stereocenters. The minimum absolute atomic E-state index is 0.223. The first-order chi connectivity index (χ1) is 13.2. The Bertz CT molecular complexity index is 1120. The van der Waals surface area contributed by atoms with Crippen molar-refractivity contribution < 1.29 is 9.53 Å². The van der Waals surface area contributed by atoms with Crippen molar-refractivity contribution in [1.29, 1.82) is 0 Å². The molecule has 1 amide bonds. The molecule has 4 aromatic rings. The van der Waals surface area contributed by atoms with E-state index >= 15 is 0 Å². The number of benzene rings is 2. The Morgan fingerprint density at radius 3 is 2.52 bits per heavy atom. The van der Waals surface area contributed by atoms with Crippen molar-refractivity contribution in [2.45, 2.75) is 6.92 Å². The Hall–Kier alpha value is -3.74. The third kappa shape index (κ3) is 2.99. The molecule has 0 radical (unpaired) electrons. The van der Waals surface area contributed by atoms with Gasteiger partial charge in [0.1, 0.15) is 5.75 Å². The Balaban J connectivity index is 1.75. The highest BCUT2D eigenvalue weighted by molar-refractivity contribution is 6.03. The number of rotatable bonds is 4. The van der Waals surface area contributed by atoms with E-state index in [1.54, 1.807) is 24.7 Å². The number of aromatic nitrogens is 4. The van der Waals surface area contributed by atoms with Crippen molar-refractivity contribution >= 4 is 17.2 Å². The number of hydrogen-bond donors (Lipinski definition) is 1. The average molecular weight is 359 g/mol. The number of aryl methyl sites for hydroxylation is 1. The highest BCUT2D eigenvalue weighted by Crippen LogP contribution is 2.32. The number of ether oxygens (including phenoxy) is 1. The molecule has 0 aliphatic heterocycles. The van der Waals surface area contributed by atoms with Gasteiger partial charge in [-0.05, 0) is 25.1 Å². The second kappa shape index (κ2) is 6.87. The van der Waals surface area contributed by atoms with Crippen LogP contribution >= 0.6 is 0 Å². The SMILES string of the molecule is COc1ccccc1-c1cnn2c(C)c(C(=O)Nc3ccccc3)nnc12. The smallest absolute Gasteiger partial charge is 0.278 e. The Kier molecular flexibility index (Phi) is 4.25. The summed E-state index contributed by atoms with van der Waals surface area (Å²) in [4.78, 5) is 12.6. The minimum atomic E-state index is -0.331. The third-order valence-electron chi connectivity index (χ3n) is 4.29. The molecule has 0 aliphatic rings. The van der Waals surface area contributed by atoms with E-state index in [-0.39, 0.29) is 11.6 Å². The molecule has 134 valence electrons. The van der Waals surface area contributed by atoms with Crippen molar-refractivity contribution in [3.8, 4) is 16.9 Å². The summed E-state index contributed by atoms with van der Waals surface area (Å²) in [5.74, 6) is 0.389. The predicted octanol–water partition coefficient (Wildman–Crippen LogP) is 3.36. The zero-order chi connectivity index (χ0) is 18.8. The van der Waals surface area contributed by atoms with Crippen LogP contribution in [0.4, 0.5) is 5.69 Å². The van der Waals surface area contributed by atoms with Crippen LogP contribution in [0, 0.1) is 6.92 Å². The van der Waals surface area contributed by atoms with Crippen LogP contribution in [0.2, 0.25) is 0 Å². The van der Waals surface area contributed by atoms with Crippen molar-refractivity contribution in [3.05, 3.63) is 72.2 Å². The first-order valence-corrected chi connectivity index (χ1v) is 8.40. The number of fused-ring (bicyclic) bond motifs is 1. The number of methoxy groups -OCH3 is 1. The maximum atomic E-state index is 12.6. The van der Waals surface area contributed by atoms with E-state index in [0.717, 1.165) is 16.9 Å². The van der Waals surface area contributed by atoms with Gasteiger partial charge in [0, 0.05) is 11.3 Å². The van der Waals surface area contributed by atoms with Gasteiger partial charge in [-0.3, -0.25) is 4.79 Å². The van der Waals surface area contributed by atoms with Gasteiger partial charge in [0.05, 0.1) is 24.6 Å². The second-order valence-corrected chi connectivity index (χ2v) is 5.95. The lowest BCUT2D eigenvalue weighted by atomic mass is 10.1. The monoisotopic (exact) mass is 359 g/mol. The van der Waals surface area contributed by atoms with E-state index in [4.69, 9.17) is 4.74 Å². The highest BCUT2D eigenvalue weighted by Gasteiger charge is 2.19. The molecule has 4 rings (SSSR count). The molecule has 0 saturated heterocycles. The normalized spacial score (nSPS) is 10.7. The molecule has 2 heterocycles. The fraction of sp³-hybridized carbons (Fsp3) is 0.100. The lowest BCUT2D eigenvalue weighted by Gasteiger charge is -2.09. The van der Waals surface area contributed by atoms with Crippen LogP contribution in [0.25, 0.3) is 16.8 Å². The van der Waals surface area contributed by atoms with Crippen LogP contribution in [0.15, 0.2) is 60.8 Å². The number of nitrogens with one attached hydrogen (secondary N) is 1. The summed E-state index contributed by atoms with van der Waals surface area (Å²) in [6, 6.07) is 16.8. The number of hydrogen-bond acceptors (Lipinski definition) is 5. The van der Waals surface area contributed by atoms with Crippen molar-refractivity contribution in [3.63, 3.8) is 0 Å². The summed E-state index contributed by atoms with van der Waals surface area (Å²) < 4.78 is 7.05. The average Bonchev–Trinajstić information content (AvgIpc) is 3.13. The Labute approximate surface area is 155 Å². The molecule has 2 aromatic heterocycles. The van der Waals surface area contributed by atoms with E-state index in [1.807, 2.05) is 54.6 Å². The molecule has 7 heteroatoms. The summed E-state index contributed by atoms with van der Waals surface area (Å²) in [6.45, 7) is 1.79. The molecule has 0 aliphatic carbocycles. The number of carbonyl (C=O) groups excluding carboxylic acids is 1. The standard InChI is InChI=1S/C20H17N5O2/c1-13-18(20(26)22-14-8-4-3-5-9-14)23-24-19-16(12-21-25(13)19)15-10-6-7-11-17(15)27-2/h3-12H,1-2H3,(H,22,26). The summed E-state index contributed by atoms with van der Waals surface area (Å²) >= 11 is 0. The molecule has 1 N–H and O–H groups in total. The van der Waals surface area contributed by atoms with Gasteiger partial charge in [0.15, 0.2) is 11.3 Å². The summed E-state index contributed by atoms with van der Waals surface area (Å²) in [5.41, 5.74) is 3.74. The van der Waals surface area contributed by atoms with Crippen LogP contribution in [0.3, 0.4) is 0 Å². The van der Waals surface area contributed by atoms with E-state index < -0.39 is 0 Å². The quantitative estimate of drug-likeness (QED) is 0.604. The van der Waals surface area contributed by atoms with Crippen LogP contribution in [0.5, 0.6) is 5.75 Å². The highest BCUT2D eigenvalue weighted by atomic mass is 16.5. The number of carbonyl (C=O) groups is 1. The van der Waals surface area contributed by atoms with Gasteiger partial charge in [-0.15, -0.1) is 10.2 Å². The third-order valence-corrected chi connectivity index (χ3v) is 4.29. The topological polar surface area (TPSA) is 81.4 Å². The molecule has 7 nitrogen and oxygen atoms in total. The predicted molar refractivity (Wildman–Crippen MR) is 102 cm³/mol. The largest absolute Gasteiger partial charge is 0.496 e. The molecule has 27 heavy (non-hydrogen) atoms. The van der Waals surface area contributed by atoms with Crippen LogP contribution in [0.1, 0.15) is 16.2 Å². The number of para-hydroxylation sites is 2. The first kappa shape index (κ1) is 16.7. The second-order valence-electron chi connectivity index (χ2n) is 5.95. The van der Waals surface area contributed by atoms with Crippen LogP contribution in [-0.4, -0.2) is 32.8 Å². The van der Waals surface area contributed by atoms with Gasteiger partial charge in [0.25, 0.3) is 5.91 Å². The van der Waals surface area contributed by atoms with E-state index in [0.29, 0.717) is 17.0 Å². The lowest BCUT2D eigenvalue weighted by molar-refractivity contribution is 0.102. The van der Waals surface area contributed by atoms with Gasteiger partial charge in [-0.2, -0.15) is 5.10 Å². The zero-order valence-electron chi connectivity index (χ0n) is 14.9. The minimum Gasteiger partial charge on any atom is -0.496 e. The van der Waals surface area contributed by atoms with Crippen LogP contribution < -0.4 is 10.1 Å². The molecule has 0 unspecified atom stereocenters. The van der Waals surface area contributed by atoms with Gasteiger partial charge in [-0.25, -0.2) is 4.52 Å². The summed E-state index contributed by atoms with van der Waals surface area (Å²) in [6.07, 6.45) is 1.70. The zero-order valence-corrected chi connectivity index (χ0v) is 14.9. The Morgan fingerprint density at radius 2 is 1.74 bits per heavy atom. The molecule has 0 spiro atoms. The molecular formula is C20H17N5O2. The van der Waals surface area contributed by atoms with Crippen molar-refractivity contribution in [2.75, 3.05) is 12.4 Å². The van der Waals surface area contributed by atoms with Gasteiger partial charge in [0.2, 0.25) is 0 Å². The maximum Gasteiger partial charge on any atom is 0.278 e. The summed E-state index contributed by atoms with van der Waals surface area (Å²) in [7, 11) is 1.62. The maximum absolute atomic E-state index is 12.6. The first-order valence-electron chi connectivity index (χ1n) is 8.40. The fourth-order valence-corrected chi connectivity index (χ4v) is 2.93. The van der Waals surface area contributed by atoms with Crippen molar-refractivity contribution in [2.24, 2.45) is 0 Å². The fourth-order valence-electron chi connectivity index (χ4n) is 2.93. The molecule has 0 saturated carbocycles. The Morgan fingerprint density at radius 1 is 1.00 bits per heavy atom. The number of nitrogens with zero attached hydrogens (tertiary/aromatic N) is 4. The van der Waals surface area contributed by atoms with Crippen LogP contribution in [-0.2, 0) is 0 Å². The van der Waals surface area contributed by atoms with Crippen molar-refractivity contribution in [1.82, 2.24) is 19.8 Å². The van der Waals surface area contributed by atoms with Gasteiger partial charge < -0.3 is 10.1 Å². The van der Waals surface area contributed by atoms with E-state index in [2.05, 4.69) is 20.6 Å². The van der Waals surface area contributed by atoms with E-state index in [1.165, 1.54) is 0 Å². The summed E-state index contributed by atoms with van der Waals surface area (Å²) in [5, 5.41) is 15.6. The van der Waals surface area contributed by atoms with E-state index in [9.17, 15) is 4.79 Å². The molecular weight excluding hydrogens is 342 g/mol. The number of anilines is 1. The molecule has 2 aromatic carbocycles.